The zero-order chi connectivity index (χ0) is 12.4. The summed E-state index contributed by atoms with van der Waals surface area (Å²) in [5.74, 6) is -1.09. The molecule has 2 aromatic rings. The molecule has 1 aromatic carbocycles. The van der Waals surface area contributed by atoms with Crippen molar-refractivity contribution in [2.24, 2.45) is 0 Å². The van der Waals surface area contributed by atoms with E-state index in [1.807, 2.05) is 0 Å². The molecular weight excluding hydrogens is 242 g/mol. The SMILES string of the molecule is O=Cc1cccn1-c1ccc(Cl)cc1C(=O)O. The van der Waals surface area contributed by atoms with Crippen molar-refractivity contribution in [1.29, 1.82) is 0 Å². The van der Waals surface area contributed by atoms with Crippen LogP contribution in [0.4, 0.5) is 0 Å². The van der Waals surface area contributed by atoms with E-state index in [-0.39, 0.29) is 5.56 Å². The minimum absolute atomic E-state index is 0.0526. The Labute approximate surface area is 102 Å². The van der Waals surface area contributed by atoms with E-state index >= 15 is 0 Å². The number of hydrogen-bond acceptors (Lipinski definition) is 2. The molecule has 1 heterocycles. The second-order valence-electron chi connectivity index (χ2n) is 3.39. The minimum atomic E-state index is -1.09. The molecule has 0 amide bonds. The lowest BCUT2D eigenvalue weighted by molar-refractivity contribution is 0.0696. The highest BCUT2D eigenvalue weighted by atomic mass is 35.5. The summed E-state index contributed by atoms with van der Waals surface area (Å²) in [5.41, 5.74) is 0.848. The number of aromatic nitrogens is 1. The molecule has 2 rings (SSSR count). The van der Waals surface area contributed by atoms with Gasteiger partial charge in [0.15, 0.2) is 6.29 Å². The van der Waals surface area contributed by atoms with Crippen molar-refractivity contribution in [2.45, 2.75) is 0 Å². The molecule has 0 fully saturated rings. The average Bonchev–Trinajstić information content (AvgIpc) is 2.76. The quantitative estimate of drug-likeness (QED) is 0.851. The van der Waals surface area contributed by atoms with E-state index in [0.717, 1.165) is 0 Å². The van der Waals surface area contributed by atoms with Gasteiger partial charge in [-0.3, -0.25) is 4.79 Å². The van der Waals surface area contributed by atoms with Gasteiger partial charge < -0.3 is 9.67 Å². The number of nitrogens with zero attached hydrogens (tertiary/aromatic N) is 1. The zero-order valence-corrected chi connectivity index (χ0v) is 9.39. The minimum Gasteiger partial charge on any atom is -0.478 e. The van der Waals surface area contributed by atoms with Gasteiger partial charge in [-0.2, -0.15) is 0 Å². The van der Waals surface area contributed by atoms with Crippen LogP contribution in [0.1, 0.15) is 20.8 Å². The van der Waals surface area contributed by atoms with Crippen molar-refractivity contribution in [3.05, 3.63) is 52.8 Å². The lowest BCUT2D eigenvalue weighted by Gasteiger charge is -2.09. The molecule has 0 radical (unpaired) electrons. The number of aromatic carboxylic acids is 1. The summed E-state index contributed by atoms with van der Waals surface area (Å²) in [6.45, 7) is 0. The molecule has 0 aliphatic heterocycles. The second kappa shape index (κ2) is 4.43. The van der Waals surface area contributed by atoms with Gasteiger partial charge in [0.2, 0.25) is 0 Å². The van der Waals surface area contributed by atoms with E-state index in [1.165, 1.54) is 10.6 Å². The second-order valence-corrected chi connectivity index (χ2v) is 3.82. The Kier molecular flexibility index (Phi) is 2.97. The molecule has 1 N–H and O–H groups in total. The first-order chi connectivity index (χ1) is 8.13. The van der Waals surface area contributed by atoms with Crippen LogP contribution in [0.2, 0.25) is 5.02 Å². The summed E-state index contributed by atoms with van der Waals surface area (Å²) in [6, 6.07) is 7.78. The monoisotopic (exact) mass is 249 g/mol. The van der Waals surface area contributed by atoms with Crippen LogP contribution in [-0.4, -0.2) is 21.9 Å². The number of carboxylic acid groups (broad SMARTS) is 1. The molecule has 0 saturated heterocycles. The Morgan fingerprint density at radius 1 is 1.35 bits per heavy atom. The largest absolute Gasteiger partial charge is 0.478 e. The lowest BCUT2D eigenvalue weighted by Crippen LogP contribution is -2.06. The number of carbonyl (C=O) groups is 2. The van der Waals surface area contributed by atoms with Gasteiger partial charge in [0.25, 0.3) is 0 Å². The molecule has 4 nitrogen and oxygen atoms in total. The van der Waals surface area contributed by atoms with Gasteiger partial charge in [-0.25, -0.2) is 4.79 Å². The van der Waals surface area contributed by atoms with Crippen LogP contribution in [-0.2, 0) is 0 Å². The molecular formula is C12H8ClNO3. The normalized spacial score (nSPS) is 10.2. The molecule has 86 valence electrons. The van der Waals surface area contributed by atoms with Crippen molar-refractivity contribution in [3.8, 4) is 5.69 Å². The average molecular weight is 250 g/mol. The van der Waals surface area contributed by atoms with Crippen LogP contribution in [0.5, 0.6) is 0 Å². The highest BCUT2D eigenvalue weighted by Crippen LogP contribution is 2.21. The predicted molar refractivity (Wildman–Crippen MR) is 63.1 cm³/mol. The topological polar surface area (TPSA) is 59.3 Å². The van der Waals surface area contributed by atoms with Gasteiger partial charge in [0.1, 0.15) is 0 Å². The van der Waals surface area contributed by atoms with E-state index in [9.17, 15) is 9.59 Å². The summed E-state index contributed by atoms with van der Waals surface area (Å²) >= 11 is 5.75. The standard InChI is InChI=1S/C12H8ClNO3/c13-8-3-4-11(10(6-8)12(16)17)14-5-1-2-9(14)7-15/h1-7H,(H,16,17). The number of carbonyl (C=O) groups excluding carboxylic acids is 1. The summed E-state index contributed by atoms with van der Waals surface area (Å²) in [5, 5.41) is 9.43. The van der Waals surface area contributed by atoms with E-state index < -0.39 is 5.97 Å². The van der Waals surface area contributed by atoms with Crippen molar-refractivity contribution in [3.63, 3.8) is 0 Å². The molecule has 0 atom stereocenters. The first kappa shape index (κ1) is 11.4. The van der Waals surface area contributed by atoms with Crippen LogP contribution in [0, 0.1) is 0 Å². The molecule has 0 spiro atoms. The summed E-state index contributed by atoms with van der Waals surface area (Å²) in [7, 11) is 0. The fourth-order valence-electron chi connectivity index (χ4n) is 1.60. The number of aldehydes is 1. The Morgan fingerprint density at radius 2 is 2.12 bits per heavy atom. The third-order valence-corrected chi connectivity index (χ3v) is 2.58. The maximum atomic E-state index is 11.1. The third-order valence-electron chi connectivity index (χ3n) is 2.35. The highest BCUT2D eigenvalue weighted by molar-refractivity contribution is 6.31. The van der Waals surface area contributed by atoms with Gasteiger partial charge in [-0.05, 0) is 30.3 Å². The van der Waals surface area contributed by atoms with E-state index in [0.29, 0.717) is 22.7 Å². The Bertz CT molecular complexity index is 589. The van der Waals surface area contributed by atoms with Crippen LogP contribution < -0.4 is 0 Å². The Morgan fingerprint density at radius 3 is 2.76 bits per heavy atom. The number of rotatable bonds is 3. The van der Waals surface area contributed by atoms with Crippen LogP contribution >= 0.6 is 11.6 Å². The molecule has 0 aliphatic carbocycles. The van der Waals surface area contributed by atoms with Crippen molar-refractivity contribution >= 4 is 23.9 Å². The number of hydrogen-bond donors (Lipinski definition) is 1. The van der Waals surface area contributed by atoms with E-state index in [2.05, 4.69) is 0 Å². The zero-order valence-electron chi connectivity index (χ0n) is 8.63. The first-order valence-corrected chi connectivity index (χ1v) is 5.17. The van der Waals surface area contributed by atoms with Crippen molar-refractivity contribution in [1.82, 2.24) is 4.57 Å². The van der Waals surface area contributed by atoms with Gasteiger partial charge in [-0.15, -0.1) is 0 Å². The van der Waals surface area contributed by atoms with Gasteiger partial charge in [-0.1, -0.05) is 11.6 Å². The predicted octanol–water partition coefficient (Wildman–Crippen LogP) is 2.64. The number of benzene rings is 1. The Hall–Kier alpha value is -2.07. The Balaban J connectivity index is 2.67. The maximum Gasteiger partial charge on any atom is 0.337 e. The summed E-state index contributed by atoms with van der Waals surface area (Å²) in [4.78, 5) is 21.9. The molecule has 0 bridgehead atoms. The van der Waals surface area contributed by atoms with E-state index in [1.54, 1.807) is 30.5 Å². The molecule has 0 aliphatic rings. The van der Waals surface area contributed by atoms with Gasteiger partial charge in [0.05, 0.1) is 16.9 Å². The highest BCUT2D eigenvalue weighted by Gasteiger charge is 2.13. The van der Waals surface area contributed by atoms with E-state index in [4.69, 9.17) is 16.7 Å². The van der Waals surface area contributed by atoms with Gasteiger partial charge >= 0.3 is 5.97 Å². The summed E-state index contributed by atoms with van der Waals surface area (Å²) < 4.78 is 1.51. The maximum absolute atomic E-state index is 11.1. The van der Waals surface area contributed by atoms with Crippen LogP contribution in [0.3, 0.4) is 0 Å². The molecule has 17 heavy (non-hydrogen) atoms. The van der Waals surface area contributed by atoms with Crippen molar-refractivity contribution in [2.75, 3.05) is 0 Å². The smallest absolute Gasteiger partial charge is 0.337 e. The summed E-state index contributed by atoms with van der Waals surface area (Å²) in [6.07, 6.45) is 2.29. The first-order valence-electron chi connectivity index (χ1n) is 4.79. The number of carboxylic acids is 1. The third kappa shape index (κ3) is 2.07. The lowest BCUT2D eigenvalue weighted by atomic mass is 10.1. The van der Waals surface area contributed by atoms with Gasteiger partial charge in [0, 0.05) is 11.2 Å². The molecule has 0 unspecified atom stereocenters. The fraction of sp³-hybridized carbons (Fsp3) is 0. The molecule has 0 saturated carbocycles. The fourth-order valence-corrected chi connectivity index (χ4v) is 1.77. The van der Waals surface area contributed by atoms with Crippen molar-refractivity contribution < 1.29 is 14.7 Å². The van der Waals surface area contributed by atoms with Crippen LogP contribution in [0.15, 0.2) is 36.5 Å². The molecule has 5 heteroatoms. The molecule has 1 aromatic heterocycles. The van der Waals surface area contributed by atoms with Crippen LogP contribution in [0.25, 0.3) is 5.69 Å². The number of halogens is 1.